The average Bonchev–Trinajstić information content (AvgIpc) is 2.65. The molecule has 17 heavy (non-hydrogen) atoms. The van der Waals surface area contributed by atoms with Crippen molar-refractivity contribution in [2.45, 2.75) is 12.5 Å². The van der Waals surface area contributed by atoms with Crippen molar-refractivity contribution < 1.29 is 9.53 Å². The number of terminal acetylenes is 1. The topological polar surface area (TPSA) is 50.7 Å². The highest BCUT2D eigenvalue weighted by molar-refractivity contribution is 6.04. The van der Waals surface area contributed by atoms with Gasteiger partial charge < -0.3 is 4.74 Å². The van der Waals surface area contributed by atoms with Crippen LogP contribution in [0.15, 0.2) is 35.3 Å². The first-order chi connectivity index (χ1) is 8.16. The quantitative estimate of drug-likeness (QED) is 0.769. The molecular formula is C13H12N2O2. The molecule has 1 saturated heterocycles. The van der Waals surface area contributed by atoms with Crippen molar-refractivity contribution in [3.8, 4) is 12.3 Å². The van der Waals surface area contributed by atoms with Crippen molar-refractivity contribution >= 4 is 11.9 Å². The van der Waals surface area contributed by atoms with E-state index in [2.05, 4.69) is 16.2 Å². The van der Waals surface area contributed by atoms with Gasteiger partial charge in [0.1, 0.15) is 6.54 Å². The predicted molar refractivity (Wildman–Crippen MR) is 64.2 cm³/mol. The van der Waals surface area contributed by atoms with Gasteiger partial charge in [-0.2, -0.15) is 0 Å². The molecule has 1 aliphatic heterocycles. The first-order valence-corrected chi connectivity index (χ1v) is 5.21. The lowest BCUT2D eigenvalue weighted by Gasteiger charge is -2.19. The van der Waals surface area contributed by atoms with E-state index >= 15 is 0 Å². The van der Waals surface area contributed by atoms with Crippen molar-refractivity contribution in [2.75, 3.05) is 6.54 Å². The minimum absolute atomic E-state index is 0.180. The van der Waals surface area contributed by atoms with Crippen LogP contribution in [0.3, 0.4) is 0 Å². The Bertz CT molecular complexity index is 502. The number of carbonyl (C=O) groups is 1. The molecule has 4 nitrogen and oxygen atoms in total. The molecule has 1 amide bonds. The van der Waals surface area contributed by atoms with Gasteiger partial charge in [-0.25, -0.2) is 4.99 Å². The molecule has 1 N–H and O–H groups in total. The molecule has 2 rings (SSSR count). The van der Waals surface area contributed by atoms with Crippen LogP contribution in [0.25, 0.3) is 0 Å². The molecule has 4 heteroatoms. The highest BCUT2D eigenvalue weighted by Gasteiger charge is 2.44. The molecule has 1 aliphatic rings. The Kier molecular flexibility index (Phi) is 2.84. The molecule has 0 bridgehead atoms. The third-order valence-corrected chi connectivity index (χ3v) is 2.59. The third kappa shape index (κ3) is 2.00. The molecule has 0 radical (unpaired) electrons. The summed E-state index contributed by atoms with van der Waals surface area (Å²) in [6.07, 6.45) is 5.09. The lowest BCUT2D eigenvalue weighted by molar-refractivity contribution is -0.130. The summed E-state index contributed by atoms with van der Waals surface area (Å²) < 4.78 is 5.54. The maximum absolute atomic E-state index is 11.9. The fourth-order valence-corrected chi connectivity index (χ4v) is 1.62. The van der Waals surface area contributed by atoms with Gasteiger partial charge in [0, 0.05) is 5.56 Å². The second-order valence-corrected chi connectivity index (χ2v) is 3.78. The normalized spacial score (nSPS) is 25.2. The van der Waals surface area contributed by atoms with E-state index in [0.717, 1.165) is 5.56 Å². The lowest BCUT2D eigenvalue weighted by atomic mass is 9.96. The minimum Gasteiger partial charge on any atom is -0.444 e. The molecule has 1 unspecified atom stereocenters. The number of nitrogens with one attached hydrogen (secondary N) is 1. The van der Waals surface area contributed by atoms with Crippen molar-refractivity contribution in [3.05, 3.63) is 35.9 Å². The van der Waals surface area contributed by atoms with Crippen LogP contribution in [0, 0.1) is 12.3 Å². The monoisotopic (exact) mass is 228 g/mol. The Balaban J connectivity index is 2.29. The van der Waals surface area contributed by atoms with Gasteiger partial charge in [-0.3, -0.25) is 10.1 Å². The van der Waals surface area contributed by atoms with Crippen LogP contribution in [-0.4, -0.2) is 18.5 Å². The summed E-state index contributed by atoms with van der Waals surface area (Å²) in [6, 6.07) is 9.45. The number of hydrogen-bond donors (Lipinski definition) is 1. The first kappa shape index (κ1) is 11.2. The number of carbonyl (C=O) groups excluding carboxylic acids is 1. The van der Waals surface area contributed by atoms with Crippen LogP contribution < -0.4 is 5.32 Å². The third-order valence-electron chi connectivity index (χ3n) is 2.59. The average molecular weight is 228 g/mol. The summed E-state index contributed by atoms with van der Waals surface area (Å²) in [7, 11) is 0. The summed E-state index contributed by atoms with van der Waals surface area (Å²) in [5.41, 5.74) is -0.252. The van der Waals surface area contributed by atoms with E-state index in [-0.39, 0.29) is 18.5 Å². The van der Waals surface area contributed by atoms with E-state index in [1.165, 1.54) is 0 Å². The maximum atomic E-state index is 11.9. The van der Waals surface area contributed by atoms with Gasteiger partial charge in [0.05, 0.1) is 0 Å². The summed E-state index contributed by atoms with van der Waals surface area (Å²) >= 11 is 0. The molecule has 1 aromatic carbocycles. The van der Waals surface area contributed by atoms with Gasteiger partial charge in [0.2, 0.25) is 5.60 Å². The van der Waals surface area contributed by atoms with Crippen LogP contribution in [0.2, 0.25) is 0 Å². The van der Waals surface area contributed by atoms with Gasteiger partial charge in [-0.15, -0.1) is 6.42 Å². The summed E-state index contributed by atoms with van der Waals surface area (Å²) in [5.74, 6) is 2.12. The van der Waals surface area contributed by atoms with Crippen LogP contribution in [-0.2, 0) is 15.1 Å². The molecule has 1 heterocycles. The van der Waals surface area contributed by atoms with Crippen molar-refractivity contribution in [1.82, 2.24) is 5.32 Å². The number of rotatable bonds is 2. The smallest absolute Gasteiger partial charge is 0.293 e. The number of nitrogens with zero attached hydrogens (tertiary/aromatic N) is 1. The van der Waals surface area contributed by atoms with Crippen LogP contribution in [0.4, 0.5) is 0 Å². The molecule has 1 atom stereocenters. The zero-order valence-electron chi connectivity index (χ0n) is 9.43. The van der Waals surface area contributed by atoms with Gasteiger partial charge in [0.25, 0.3) is 11.9 Å². The van der Waals surface area contributed by atoms with Crippen LogP contribution in [0.1, 0.15) is 12.5 Å². The first-order valence-electron chi connectivity index (χ1n) is 5.21. The highest BCUT2D eigenvalue weighted by Crippen LogP contribution is 2.29. The molecule has 1 aromatic rings. The molecule has 0 aliphatic carbocycles. The van der Waals surface area contributed by atoms with E-state index in [9.17, 15) is 4.79 Å². The summed E-state index contributed by atoms with van der Waals surface area (Å²) in [5, 5.41) is 2.57. The second kappa shape index (κ2) is 4.30. The van der Waals surface area contributed by atoms with Gasteiger partial charge in [-0.1, -0.05) is 36.3 Å². The number of benzene rings is 1. The molecule has 86 valence electrons. The Morgan fingerprint density at radius 3 is 2.82 bits per heavy atom. The van der Waals surface area contributed by atoms with Gasteiger partial charge in [-0.05, 0) is 6.92 Å². The molecule has 0 saturated carbocycles. The van der Waals surface area contributed by atoms with Crippen LogP contribution >= 0.6 is 0 Å². The molecule has 0 aromatic heterocycles. The van der Waals surface area contributed by atoms with E-state index in [1.54, 1.807) is 6.92 Å². The Hall–Kier alpha value is -2.28. The largest absolute Gasteiger partial charge is 0.444 e. The molecular weight excluding hydrogens is 216 g/mol. The fraction of sp³-hybridized carbons (Fsp3) is 0.231. The van der Waals surface area contributed by atoms with E-state index in [1.807, 2.05) is 30.3 Å². The van der Waals surface area contributed by atoms with Gasteiger partial charge in [0.15, 0.2) is 0 Å². The van der Waals surface area contributed by atoms with Crippen molar-refractivity contribution in [3.63, 3.8) is 0 Å². The number of ether oxygens (including phenoxy) is 1. The zero-order valence-corrected chi connectivity index (χ0v) is 9.43. The highest BCUT2D eigenvalue weighted by atomic mass is 16.5. The Labute approximate surface area is 99.7 Å². The Morgan fingerprint density at radius 1 is 1.47 bits per heavy atom. The standard InChI is InChI=1S/C13H12N2O2/c1-3-9-14-12-15-11(16)13(2,17-12)10-7-5-4-6-8-10/h1,4-8H,9H2,2H3,(H,14,15,16). The predicted octanol–water partition coefficient (Wildman–Crippen LogP) is 1.04. The minimum atomic E-state index is -1.03. The number of amides is 1. The van der Waals surface area contributed by atoms with Crippen molar-refractivity contribution in [1.29, 1.82) is 0 Å². The zero-order chi connectivity index (χ0) is 12.3. The number of aliphatic imine (C=N–C) groups is 1. The summed E-state index contributed by atoms with van der Waals surface area (Å²) in [6.45, 7) is 1.89. The maximum Gasteiger partial charge on any atom is 0.293 e. The molecule has 1 fully saturated rings. The van der Waals surface area contributed by atoms with Crippen molar-refractivity contribution in [2.24, 2.45) is 4.99 Å². The summed E-state index contributed by atoms with van der Waals surface area (Å²) in [4.78, 5) is 15.8. The van der Waals surface area contributed by atoms with E-state index in [0.29, 0.717) is 0 Å². The fourth-order valence-electron chi connectivity index (χ4n) is 1.62. The van der Waals surface area contributed by atoms with Crippen LogP contribution in [0.5, 0.6) is 0 Å². The number of hydrogen-bond acceptors (Lipinski definition) is 3. The van der Waals surface area contributed by atoms with E-state index < -0.39 is 5.60 Å². The van der Waals surface area contributed by atoms with Gasteiger partial charge >= 0.3 is 0 Å². The second-order valence-electron chi connectivity index (χ2n) is 3.78. The molecule has 0 spiro atoms. The van der Waals surface area contributed by atoms with E-state index in [4.69, 9.17) is 11.2 Å². The SMILES string of the molecule is C#CCN=C1NC(=O)C(C)(c2ccccc2)O1. The number of amidine groups is 1. The lowest BCUT2D eigenvalue weighted by Crippen LogP contribution is -2.33. The Morgan fingerprint density at radius 2 is 2.18 bits per heavy atom.